The van der Waals surface area contributed by atoms with Gasteiger partial charge in [-0.05, 0) is 98.7 Å². The molecule has 4 rings (SSSR count). The summed E-state index contributed by atoms with van der Waals surface area (Å²) in [5.74, 6) is 2.15. The van der Waals surface area contributed by atoms with Crippen LogP contribution in [-0.4, -0.2) is 6.36 Å². The molecule has 0 radical (unpaired) electrons. The molecule has 1 aromatic rings. The molecule has 0 unspecified atom stereocenters. The Morgan fingerprint density at radius 1 is 0.690 bits per heavy atom. The number of benzene rings is 1. The zero-order chi connectivity index (χ0) is 20.4. The second-order valence-corrected chi connectivity index (χ2v) is 9.57. The predicted molar refractivity (Wildman–Crippen MR) is 105 cm³/mol. The van der Waals surface area contributed by atoms with Crippen LogP contribution in [-0.2, 0) is 0 Å². The topological polar surface area (TPSA) is 9.23 Å². The van der Waals surface area contributed by atoms with Crippen LogP contribution in [0.2, 0.25) is 0 Å². The first-order valence-corrected chi connectivity index (χ1v) is 11.4. The average molecular weight is 413 g/mol. The third kappa shape index (κ3) is 5.27. The summed E-state index contributed by atoms with van der Waals surface area (Å²) in [5, 5.41) is 0. The Bertz CT molecular complexity index is 664. The molecule has 0 heterocycles. The second kappa shape index (κ2) is 8.85. The Kier molecular flexibility index (Phi) is 6.41. The molecule has 3 aliphatic rings. The van der Waals surface area contributed by atoms with Crippen molar-refractivity contribution in [3.8, 4) is 5.75 Å². The summed E-state index contributed by atoms with van der Waals surface area (Å²) in [6.07, 6.45) is 10.8. The highest BCUT2D eigenvalue weighted by Crippen LogP contribution is 2.47. The standard InChI is InChI=1S/C24H32F4O/c25-22-15-21(13-14-23(22)29-24(26,27)28)20-11-9-19(10-12-20)18-7-5-17(6-8-18)16-3-1-2-4-16/h13-20H,1-12H2/t17-,18-,19-,20-. The maximum Gasteiger partial charge on any atom is 0.573 e. The van der Waals surface area contributed by atoms with Gasteiger partial charge in [0.1, 0.15) is 0 Å². The fourth-order valence-electron chi connectivity index (χ4n) is 6.42. The zero-order valence-electron chi connectivity index (χ0n) is 17.0. The first-order chi connectivity index (χ1) is 13.9. The van der Waals surface area contributed by atoms with E-state index in [1.54, 1.807) is 6.07 Å². The van der Waals surface area contributed by atoms with Crippen molar-refractivity contribution in [3.05, 3.63) is 29.6 Å². The van der Waals surface area contributed by atoms with Crippen molar-refractivity contribution in [2.45, 2.75) is 89.3 Å². The maximum atomic E-state index is 14.0. The van der Waals surface area contributed by atoms with Gasteiger partial charge in [-0.2, -0.15) is 0 Å². The minimum absolute atomic E-state index is 0.246. The lowest BCUT2D eigenvalue weighted by Crippen LogP contribution is -2.27. The maximum absolute atomic E-state index is 14.0. The normalized spacial score (nSPS) is 31.7. The number of halogens is 4. The van der Waals surface area contributed by atoms with Crippen molar-refractivity contribution >= 4 is 0 Å². The van der Waals surface area contributed by atoms with Crippen molar-refractivity contribution < 1.29 is 22.3 Å². The predicted octanol–water partition coefficient (Wildman–Crippen LogP) is 7.99. The molecule has 0 atom stereocenters. The average Bonchev–Trinajstić information content (AvgIpc) is 3.24. The van der Waals surface area contributed by atoms with E-state index in [0.29, 0.717) is 0 Å². The van der Waals surface area contributed by atoms with E-state index >= 15 is 0 Å². The SMILES string of the molecule is Fc1cc([C@H]2CC[C@H]([C@H]3CC[C@H](C4CCCC4)CC3)CC2)ccc1OC(F)(F)F. The molecule has 0 spiro atoms. The van der Waals surface area contributed by atoms with Crippen LogP contribution < -0.4 is 4.74 Å². The summed E-state index contributed by atoms with van der Waals surface area (Å²) in [6.45, 7) is 0. The quantitative estimate of drug-likeness (QED) is 0.455. The van der Waals surface area contributed by atoms with Gasteiger partial charge >= 0.3 is 6.36 Å². The van der Waals surface area contributed by atoms with Crippen LogP contribution in [0.4, 0.5) is 17.6 Å². The van der Waals surface area contributed by atoms with E-state index in [4.69, 9.17) is 0 Å². The molecule has 0 saturated heterocycles. The van der Waals surface area contributed by atoms with E-state index < -0.39 is 17.9 Å². The molecule has 0 amide bonds. The van der Waals surface area contributed by atoms with E-state index in [1.165, 1.54) is 57.4 Å². The van der Waals surface area contributed by atoms with Gasteiger partial charge in [-0.25, -0.2) is 4.39 Å². The Balaban J connectivity index is 1.27. The van der Waals surface area contributed by atoms with Crippen LogP contribution in [0.25, 0.3) is 0 Å². The molecule has 3 fully saturated rings. The number of alkyl halides is 3. The molecule has 3 aliphatic carbocycles. The summed E-state index contributed by atoms with van der Waals surface area (Å²) in [6, 6.07) is 3.95. The van der Waals surface area contributed by atoms with Gasteiger partial charge in [0.05, 0.1) is 0 Å². The monoisotopic (exact) mass is 412 g/mol. The zero-order valence-corrected chi connectivity index (χ0v) is 17.0. The first kappa shape index (κ1) is 21.0. The summed E-state index contributed by atoms with van der Waals surface area (Å²) < 4.78 is 54.7. The smallest absolute Gasteiger partial charge is 0.403 e. The molecular formula is C24H32F4O. The molecule has 3 saturated carbocycles. The van der Waals surface area contributed by atoms with Crippen molar-refractivity contribution in [2.24, 2.45) is 23.7 Å². The van der Waals surface area contributed by atoms with E-state index in [1.807, 2.05) is 0 Å². The van der Waals surface area contributed by atoms with E-state index in [9.17, 15) is 17.6 Å². The number of hydrogen-bond donors (Lipinski definition) is 0. The molecule has 5 heteroatoms. The highest BCUT2D eigenvalue weighted by Gasteiger charge is 2.35. The van der Waals surface area contributed by atoms with Crippen molar-refractivity contribution in [1.82, 2.24) is 0 Å². The number of rotatable bonds is 4. The lowest BCUT2D eigenvalue weighted by Gasteiger charge is -2.39. The van der Waals surface area contributed by atoms with E-state index in [0.717, 1.165) is 61.0 Å². The van der Waals surface area contributed by atoms with Crippen molar-refractivity contribution in [1.29, 1.82) is 0 Å². The van der Waals surface area contributed by atoms with Crippen molar-refractivity contribution in [3.63, 3.8) is 0 Å². The fraction of sp³-hybridized carbons (Fsp3) is 0.750. The summed E-state index contributed by atoms with van der Waals surface area (Å²) in [4.78, 5) is 0. The van der Waals surface area contributed by atoms with Gasteiger partial charge in [0.2, 0.25) is 0 Å². The van der Waals surface area contributed by atoms with Crippen LogP contribution in [0.15, 0.2) is 18.2 Å². The molecule has 162 valence electrons. The van der Waals surface area contributed by atoms with Crippen LogP contribution in [0.3, 0.4) is 0 Å². The Morgan fingerprint density at radius 3 is 1.66 bits per heavy atom. The lowest BCUT2D eigenvalue weighted by atomic mass is 9.66. The molecule has 1 aromatic carbocycles. The molecule has 1 nitrogen and oxygen atoms in total. The molecular weight excluding hydrogens is 380 g/mol. The Hall–Kier alpha value is -1.26. The van der Waals surface area contributed by atoms with Crippen LogP contribution in [0, 0.1) is 29.5 Å². The summed E-state index contributed by atoms with van der Waals surface area (Å²) >= 11 is 0. The van der Waals surface area contributed by atoms with Gasteiger partial charge in [0, 0.05) is 0 Å². The summed E-state index contributed by atoms with van der Waals surface area (Å²) in [7, 11) is 0. The second-order valence-electron chi connectivity index (χ2n) is 9.57. The van der Waals surface area contributed by atoms with Crippen LogP contribution in [0.5, 0.6) is 5.75 Å². The Morgan fingerprint density at radius 2 is 1.17 bits per heavy atom. The van der Waals surface area contributed by atoms with Gasteiger partial charge in [-0.1, -0.05) is 31.7 Å². The van der Waals surface area contributed by atoms with Gasteiger partial charge in [0.25, 0.3) is 0 Å². The van der Waals surface area contributed by atoms with Crippen LogP contribution >= 0.6 is 0 Å². The van der Waals surface area contributed by atoms with Gasteiger partial charge in [-0.3, -0.25) is 0 Å². The lowest BCUT2D eigenvalue weighted by molar-refractivity contribution is -0.275. The molecule has 0 aromatic heterocycles. The first-order valence-electron chi connectivity index (χ1n) is 11.4. The summed E-state index contributed by atoms with van der Waals surface area (Å²) in [5.41, 5.74) is 0.806. The minimum atomic E-state index is -4.86. The van der Waals surface area contributed by atoms with Crippen LogP contribution in [0.1, 0.15) is 88.5 Å². The highest BCUT2D eigenvalue weighted by atomic mass is 19.4. The third-order valence-corrected chi connectivity index (χ3v) is 7.97. The highest BCUT2D eigenvalue weighted by molar-refractivity contribution is 5.31. The third-order valence-electron chi connectivity index (χ3n) is 7.97. The fourth-order valence-corrected chi connectivity index (χ4v) is 6.42. The van der Waals surface area contributed by atoms with Gasteiger partial charge < -0.3 is 4.74 Å². The molecule has 0 aliphatic heterocycles. The molecule has 0 bridgehead atoms. The Labute approximate surface area is 171 Å². The van der Waals surface area contributed by atoms with E-state index in [-0.39, 0.29) is 5.92 Å². The van der Waals surface area contributed by atoms with Gasteiger partial charge in [-0.15, -0.1) is 13.2 Å². The van der Waals surface area contributed by atoms with Crippen molar-refractivity contribution in [2.75, 3.05) is 0 Å². The molecule has 29 heavy (non-hydrogen) atoms. The number of ether oxygens (including phenoxy) is 1. The largest absolute Gasteiger partial charge is 0.573 e. The molecule has 0 N–H and O–H groups in total. The minimum Gasteiger partial charge on any atom is -0.403 e. The number of hydrogen-bond acceptors (Lipinski definition) is 1. The van der Waals surface area contributed by atoms with Gasteiger partial charge in [0.15, 0.2) is 11.6 Å². The van der Waals surface area contributed by atoms with E-state index in [2.05, 4.69) is 4.74 Å².